The van der Waals surface area contributed by atoms with Gasteiger partial charge < -0.3 is 5.32 Å². The molecule has 0 unspecified atom stereocenters. The predicted octanol–water partition coefficient (Wildman–Crippen LogP) is 2.00. The topological polar surface area (TPSA) is 62.3 Å². The summed E-state index contributed by atoms with van der Waals surface area (Å²) in [6, 6.07) is 0. The molecule has 2 amide bonds. The Morgan fingerprint density at radius 2 is 2.00 bits per heavy atom. The minimum Gasteiger partial charge on any atom is -0.362 e. The van der Waals surface area contributed by atoms with E-state index in [1.807, 2.05) is 6.92 Å². The summed E-state index contributed by atoms with van der Waals surface area (Å²) < 4.78 is 0. The van der Waals surface area contributed by atoms with Crippen molar-refractivity contribution in [1.82, 2.24) is 9.88 Å². The van der Waals surface area contributed by atoms with E-state index >= 15 is 0 Å². The highest BCUT2D eigenvalue weighted by atomic mass is 32.1. The number of rotatable bonds is 4. The summed E-state index contributed by atoms with van der Waals surface area (Å²) in [5, 5.41) is 3.95. The van der Waals surface area contributed by atoms with Gasteiger partial charge in [-0.3, -0.25) is 14.5 Å². The first-order valence-electron chi connectivity index (χ1n) is 6.22. The summed E-state index contributed by atoms with van der Waals surface area (Å²) in [6.07, 6.45) is 4.31. The summed E-state index contributed by atoms with van der Waals surface area (Å²) in [4.78, 5) is 30.2. The van der Waals surface area contributed by atoms with Crippen LogP contribution in [0.2, 0.25) is 0 Å². The van der Waals surface area contributed by atoms with E-state index in [4.69, 9.17) is 0 Å². The third-order valence-electron chi connectivity index (χ3n) is 2.83. The standard InChI is InChI=1S/C12H17N3O2S/c1-2-13-12-14-7-9(18-12)8-15-10(16)5-3-4-6-11(15)17/h7H,2-6,8H2,1H3,(H,13,14). The van der Waals surface area contributed by atoms with Crippen LogP contribution in [0.3, 0.4) is 0 Å². The van der Waals surface area contributed by atoms with Gasteiger partial charge in [0.2, 0.25) is 11.8 Å². The number of imide groups is 1. The number of carbonyl (C=O) groups excluding carboxylic acids is 2. The van der Waals surface area contributed by atoms with Crippen molar-refractivity contribution in [1.29, 1.82) is 0 Å². The maximum Gasteiger partial charge on any atom is 0.229 e. The van der Waals surface area contributed by atoms with Gasteiger partial charge in [0.05, 0.1) is 6.54 Å². The van der Waals surface area contributed by atoms with Crippen molar-refractivity contribution in [3.63, 3.8) is 0 Å². The highest BCUT2D eigenvalue weighted by molar-refractivity contribution is 7.15. The van der Waals surface area contributed by atoms with Crippen LogP contribution in [-0.4, -0.2) is 28.2 Å². The van der Waals surface area contributed by atoms with Gasteiger partial charge in [0.1, 0.15) is 0 Å². The Labute approximate surface area is 110 Å². The number of aromatic nitrogens is 1. The molecule has 0 radical (unpaired) electrons. The largest absolute Gasteiger partial charge is 0.362 e. The summed E-state index contributed by atoms with van der Waals surface area (Å²) in [6.45, 7) is 3.18. The molecule has 1 fully saturated rings. The SMILES string of the molecule is CCNc1ncc(CN2C(=O)CCCCC2=O)s1. The van der Waals surface area contributed by atoms with E-state index in [0.29, 0.717) is 19.4 Å². The van der Waals surface area contributed by atoms with E-state index in [9.17, 15) is 9.59 Å². The van der Waals surface area contributed by atoms with Crippen LogP contribution in [0.1, 0.15) is 37.5 Å². The molecule has 1 aliphatic rings. The Kier molecular flexibility index (Phi) is 4.30. The predicted molar refractivity (Wildman–Crippen MR) is 70.3 cm³/mol. The molecule has 0 aliphatic carbocycles. The number of amides is 2. The van der Waals surface area contributed by atoms with Gasteiger partial charge in [0, 0.05) is 30.5 Å². The van der Waals surface area contributed by atoms with Crippen LogP contribution in [0.25, 0.3) is 0 Å². The van der Waals surface area contributed by atoms with Gasteiger partial charge in [-0.05, 0) is 19.8 Å². The molecule has 98 valence electrons. The molecule has 2 rings (SSSR count). The van der Waals surface area contributed by atoms with E-state index in [2.05, 4.69) is 10.3 Å². The number of hydrogen-bond donors (Lipinski definition) is 1. The van der Waals surface area contributed by atoms with Gasteiger partial charge >= 0.3 is 0 Å². The first-order valence-corrected chi connectivity index (χ1v) is 7.04. The summed E-state index contributed by atoms with van der Waals surface area (Å²) in [5.74, 6) is -0.119. The fourth-order valence-corrected chi connectivity index (χ4v) is 2.78. The Hall–Kier alpha value is -1.43. The Morgan fingerprint density at radius 3 is 2.61 bits per heavy atom. The van der Waals surface area contributed by atoms with Crippen molar-refractivity contribution in [3.05, 3.63) is 11.1 Å². The molecule has 2 heterocycles. The molecule has 0 spiro atoms. The van der Waals surface area contributed by atoms with Crippen molar-refractivity contribution < 1.29 is 9.59 Å². The molecular weight excluding hydrogens is 250 g/mol. The number of nitrogens with zero attached hydrogens (tertiary/aromatic N) is 2. The summed E-state index contributed by atoms with van der Waals surface area (Å²) >= 11 is 1.49. The van der Waals surface area contributed by atoms with Crippen molar-refractivity contribution in [2.24, 2.45) is 0 Å². The van der Waals surface area contributed by atoms with Crippen LogP contribution >= 0.6 is 11.3 Å². The lowest BCUT2D eigenvalue weighted by atomic mass is 10.2. The highest BCUT2D eigenvalue weighted by Gasteiger charge is 2.24. The number of nitrogens with one attached hydrogen (secondary N) is 1. The molecule has 0 atom stereocenters. The number of hydrogen-bond acceptors (Lipinski definition) is 5. The lowest BCUT2D eigenvalue weighted by molar-refractivity contribution is -0.144. The van der Waals surface area contributed by atoms with Gasteiger partial charge in [-0.1, -0.05) is 0 Å². The Morgan fingerprint density at radius 1 is 1.33 bits per heavy atom. The second-order valence-corrected chi connectivity index (χ2v) is 5.36. The molecule has 18 heavy (non-hydrogen) atoms. The van der Waals surface area contributed by atoms with Gasteiger partial charge in [-0.2, -0.15) is 0 Å². The van der Waals surface area contributed by atoms with Crippen LogP contribution in [0.15, 0.2) is 6.20 Å². The Bertz CT molecular complexity index is 426. The first-order chi connectivity index (χ1) is 8.70. The van der Waals surface area contributed by atoms with Gasteiger partial charge in [-0.25, -0.2) is 4.98 Å². The average molecular weight is 267 g/mol. The van der Waals surface area contributed by atoms with Crippen LogP contribution in [0.5, 0.6) is 0 Å². The average Bonchev–Trinajstić information content (AvgIpc) is 2.72. The zero-order chi connectivity index (χ0) is 13.0. The Balaban J connectivity index is 2.05. The molecule has 0 saturated carbocycles. The third kappa shape index (κ3) is 3.07. The summed E-state index contributed by atoms with van der Waals surface area (Å²) in [5.41, 5.74) is 0. The molecule has 6 heteroatoms. The normalized spacial score (nSPS) is 16.8. The van der Waals surface area contributed by atoms with Crippen molar-refractivity contribution in [2.75, 3.05) is 11.9 Å². The maximum absolute atomic E-state index is 11.8. The molecule has 5 nitrogen and oxygen atoms in total. The van der Waals surface area contributed by atoms with Crippen LogP contribution in [0, 0.1) is 0 Å². The fourth-order valence-electron chi connectivity index (χ4n) is 1.91. The zero-order valence-electron chi connectivity index (χ0n) is 10.4. The van der Waals surface area contributed by atoms with Crippen LogP contribution < -0.4 is 5.32 Å². The van der Waals surface area contributed by atoms with Gasteiger partial charge in [-0.15, -0.1) is 11.3 Å². The molecule has 0 bridgehead atoms. The first kappa shape index (κ1) is 13.0. The van der Waals surface area contributed by atoms with E-state index < -0.39 is 0 Å². The van der Waals surface area contributed by atoms with Gasteiger partial charge in [0.15, 0.2) is 5.13 Å². The fraction of sp³-hybridized carbons (Fsp3) is 0.583. The lowest BCUT2D eigenvalue weighted by Crippen LogP contribution is -2.34. The van der Waals surface area contributed by atoms with Gasteiger partial charge in [0.25, 0.3) is 0 Å². The second-order valence-electron chi connectivity index (χ2n) is 4.24. The van der Waals surface area contributed by atoms with Crippen LogP contribution in [-0.2, 0) is 16.1 Å². The quantitative estimate of drug-likeness (QED) is 0.848. The number of thiazole rings is 1. The van der Waals surface area contributed by atoms with Crippen molar-refractivity contribution >= 4 is 28.3 Å². The lowest BCUT2D eigenvalue weighted by Gasteiger charge is -2.17. The summed E-state index contributed by atoms with van der Waals surface area (Å²) in [7, 11) is 0. The number of anilines is 1. The zero-order valence-corrected chi connectivity index (χ0v) is 11.3. The monoisotopic (exact) mass is 267 g/mol. The molecule has 1 N–H and O–H groups in total. The molecule has 1 aromatic rings. The highest BCUT2D eigenvalue weighted by Crippen LogP contribution is 2.22. The number of carbonyl (C=O) groups is 2. The number of likely N-dealkylation sites (tertiary alicyclic amines) is 1. The molecule has 0 aromatic carbocycles. The third-order valence-corrected chi connectivity index (χ3v) is 3.77. The maximum atomic E-state index is 11.8. The van der Waals surface area contributed by atoms with Crippen molar-refractivity contribution in [2.45, 2.75) is 39.2 Å². The van der Waals surface area contributed by atoms with E-state index in [0.717, 1.165) is 29.4 Å². The van der Waals surface area contributed by atoms with Crippen molar-refractivity contribution in [3.8, 4) is 0 Å². The molecule has 1 saturated heterocycles. The van der Waals surface area contributed by atoms with E-state index in [1.165, 1.54) is 16.2 Å². The minimum absolute atomic E-state index is 0.0594. The van der Waals surface area contributed by atoms with Crippen LogP contribution in [0.4, 0.5) is 5.13 Å². The molecular formula is C12H17N3O2S. The molecule has 1 aliphatic heterocycles. The molecule has 1 aromatic heterocycles. The van der Waals surface area contributed by atoms with E-state index in [-0.39, 0.29) is 11.8 Å². The van der Waals surface area contributed by atoms with E-state index in [1.54, 1.807) is 6.20 Å². The second kappa shape index (κ2) is 5.95. The smallest absolute Gasteiger partial charge is 0.229 e. The minimum atomic E-state index is -0.0594.